The first-order valence-corrected chi connectivity index (χ1v) is 9.04. The number of amides is 1. The van der Waals surface area contributed by atoms with Crippen LogP contribution in [0.1, 0.15) is 35.8 Å². The van der Waals surface area contributed by atoms with Gasteiger partial charge in [0.1, 0.15) is 5.49 Å². The summed E-state index contributed by atoms with van der Waals surface area (Å²) in [5.41, 5.74) is 1.61. The Labute approximate surface area is 157 Å². The molecule has 6 heteroatoms. The molecular formula is C21H22N4O2. The van der Waals surface area contributed by atoms with Crippen molar-refractivity contribution in [2.45, 2.75) is 32.9 Å². The van der Waals surface area contributed by atoms with Crippen molar-refractivity contribution in [1.29, 1.82) is 0 Å². The smallest absolute Gasteiger partial charge is 0.299 e. The topological polar surface area (TPSA) is 69.2 Å². The molecule has 2 aromatic heterocycles. The molecule has 0 unspecified atom stereocenters. The third-order valence-corrected chi connectivity index (χ3v) is 4.14. The lowest BCUT2D eigenvalue weighted by molar-refractivity contribution is 0.0990. The summed E-state index contributed by atoms with van der Waals surface area (Å²) < 4.78 is 3.23. The van der Waals surface area contributed by atoms with Gasteiger partial charge >= 0.3 is 0 Å². The number of hydrogen-bond acceptors (Lipinski definition) is 3. The van der Waals surface area contributed by atoms with Crippen LogP contribution in [0.2, 0.25) is 0 Å². The number of aryl methyl sites for hydroxylation is 1. The van der Waals surface area contributed by atoms with E-state index in [2.05, 4.69) is 10.1 Å². The largest absolute Gasteiger partial charge is 0.328 e. The number of aromatic nitrogens is 3. The average Bonchev–Trinajstić information content (AvgIpc) is 2.69. The molecule has 1 amide bonds. The molecule has 0 aliphatic rings. The van der Waals surface area contributed by atoms with Crippen LogP contribution in [0.4, 0.5) is 0 Å². The zero-order valence-electron chi connectivity index (χ0n) is 15.3. The van der Waals surface area contributed by atoms with Gasteiger partial charge in [-0.05, 0) is 30.2 Å². The van der Waals surface area contributed by atoms with Crippen molar-refractivity contribution in [2.75, 3.05) is 0 Å². The zero-order valence-corrected chi connectivity index (χ0v) is 15.3. The zero-order chi connectivity index (χ0) is 19.1. The number of benzene rings is 1. The van der Waals surface area contributed by atoms with Crippen LogP contribution in [-0.2, 0) is 13.1 Å². The minimum atomic E-state index is -0.465. The minimum Gasteiger partial charge on any atom is -0.328 e. The molecule has 0 fully saturated rings. The summed E-state index contributed by atoms with van der Waals surface area (Å²) in [4.78, 5) is 28.7. The van der Waals surface area contributed by atoms with Gasteiger partial charge in [-0.2, -0.15) is 10.1 Å². The second-order valence-electron chi connectivity index (χ2n) is 6.22. The van der Waals surface area contributed by atoms with Crippen LogP contribution < -0.4 is 11.0 Å². The molecule has 0 aliphatic heterocycles. The van der Waals surface area contributed by atoms with Gasteiger partial charge in [0.15, 0.2) is 5.69 Å². The SMILES string of the molecule is CCCCn1nc(C(=O)N=c2ccccn2Cc2ccccc2)ccc1=O. The van der Waals surface area contributed by atoms with Crippen LogP contribution in [0.15, 0.2) is 76.6 Å². The van der Waals surface area contributed by atoms with E-state index in [4.69, 9.17) is 0 Å². The lowest BCUT2D eigenvalue weighted by atomic mass is 10.2. The van der Waals surface area contributed by atoms with Gasteiger partial charge in [-0.25, -0.2) is 4.68 Å². The van der Waals surface area contributed by atoms with Gasteiger partial charge in [0.25, 0.3) is 11.5 Å². The van der Waals surface area contributed by atoms with E-state index in [1.165, 1.54) is 16.8 Å². The summed E-state index contributed by atoms with van der Waals surface area (Å²) in [6.07, 6.45) is 3.66. The van der Waals surface area contributed by atoms with E-state index in [-0.39, 0.29) is 11.3 Å². The van der Waals surface area contributed by atoms with E-state index in [0.29, 0.717) is 18.6 Å². The number of pyridine rings is 1. The maximum absolute atomic E-state index is 12.6. The standard InChI is InChI=1S/C21H22N4O2/c1-2-3-15-25-20(26)13-12-18(23-25)21(27)22-19-11-7-8-14-24(19)16-17-9-5-4-6-10-17/h4-14H,2-3,15-16H2,1H3. The number of carbonyl (C=O) groups is 1. The molecule has 0 saturated carbocycles. The van der Waals surface area contributed by atoms with E-state index >= 15 is 0 Å². The maximum Gasteiger partial charge on any atom is 0.299 e. The molecule has 0 bridgehead atoms. The van der Waals surface area contributed by atoms with Crippen molar-refractivity contribution in [3.8, 4) is 0 Å². The molecule has 3 aromatic rings. The quantitative estimate of drug-likeness (QED) is 0.677. The highest BCUT2D eigenvalue weighted by Crippen LogP contribution is 2.01. The van der Waals surface area contributed by atoms with Crippen molar-refractivity contribution < 1.29 is 4.79 Å². The van der Waals surface area contributed by atoms with Crippen molar-refractivity contribution in [3.05, 3.63) is 94.0 Å². The van der Waals surface area contributed by atoms with Crippen molar-refractivity contribution >= 4 is 5.91 Å². The van der Waals surface area contributed by atoms with Gasteiger partial charge in [0.2, 0.25) is 0 Å². The predicted molar refractivity (Wildman–Crippen MR) is 103 cm³/mol. The molecule has 27 heavy (non-hydrogen) atoms. The van der Waals surface area contributed by atoms with Crippen LogP contribution in [0.25, 0.3) is 0 Å². The number of hydrogen-bond donors (Lipinski definition) is 0. The Bertz CT molecular complexity index is 1040. The van der Waals surface area contributed by atoms with E-state index in [9.17, 15) is 9.59 Å². The third-order valence-electron chi connectivity index (χ3n) is 4.14. The Balaban J connectivity index is 1.91. The van der Waals surface area contributed by atoms with Crippen LogP contribution in [-0.4, -0.2) is 20.3 Å². The molecule has 1 aromatic carbocycles. The second kappa shape index (κ2) is 8.89. The highest BCUT2D eigenvalue weighted by molar-refractivity contribution is 5.92. The van der Waals surface area contributed by atoms with Crippen molar-refractivity contribution in [3.63, 3.8) is 0 Å². The molecule has 0 N–H and O–H groups in total. The Morgan fingerprint density at radius 1 is 1.04 bits per heavy atom. The normalized spacial score (nSPS) is 11.5. The first kappa shape index (κ1) is 18.5. The first-order valence-electron chi connectivity index (χ1n) is 9.04. The fraction of sp³-hybridized carbons (Fsp3) is 0.238. The Morgan fingerprint density at radius 2 is 1.81 bits per heavy atom. The monoisotopic (exact) mass is 362 g/mol. The number of carbonyl (C=O) groups excluding carboxylic acids is 1. The summed E-state index contributed by atoms with van der Waals surface area (Å²) in [6, 6.07) is 18.3. The van der Waals surface area contributed by atoms with E-state index < -0.39 is 5.91 Å². The molecule has 6 nitrogen and oxygen atoms in total. The second-order valence-corrected chi connectivity index (χ2v) is 6.22. The van der Waals surface area contributed by atoms with Crippen LogP contribution >= 0.6 is 0 Å². The Kier molecular flexibility index (Phi) is 6.10. The molecule has 3 rings (SSSR count). The number of rotatable bonds is 6. The first-order chi connectivity index (χ1) is 13.2. The molecule has 0 radical (unpaired) electrons. The Morgan fingerprint density at radius 3 is 2.59 bits per heavy atom. The summed E-state index contributed by atoms with van der Waals surface area (Å²) in [7, 11) is 0. The van der Waals surface area contributed by atoms with Gasteiger partial charge in [-0.3, -0.25) is 9.59 Å². The van der Waals surface area contributed by atoms with Gasteiger partial charge in [0.05, 0.1) is 0 Å². The molecular weight excluding hydrogens is 340 g/mol. The molecule has 0 atom stereocenters. The highest BCUT2D eigenvalue weighted by Gasteiger charge is 2.09. The molecule has 2 heterocycles. The summed E-state index contributed by atoms with van der Waals surface area (Å²) in [5, 5.41) is 4.17. The van der Waals surface area contributed by atoms with Gasteiger partial charge in [-0.1, -0.05) is 49.7 Å². The van der Waals surface area contributed by atoms with Crippen molar-refractivity contribution in [2.24, 2.45) is 4.99 Å². The molecule has 138 valence electrons. The van der Waals surface area contributed by atoms with Gasteiger partial charge < -0.3 is 4.57 Å². The van der Waals surface area contributed by atoms with Gasteiger partial charge in [0, 0.05) is 25.4 Å². The van der Waals surface area contributed by atoms with Gasteiger partial charge in [-0.15, -0.1) is 0 Å². The molecule has 0 aliphatic carbocycles. The lowest BCUT2D eigenvalue weighted by Crippen LogP contribution is -2.26. The summed E-state index contributed by atoms with van der Waals surface area (Å²) in [5.74, 6) is -0.465. The van der Waals surface area contributed by atoms with Crippen LogP contribution in [0.3, 0.4) is 0 Å². The fourth-order valence-electron chi connectivity index (χ4n) is 2.67. The molecule has 0 saturated heterocycles. The van der Waals surface area contributed by atoms with Crippen LogP contribution in [0.5, 0.6) is 0 Å². The summed E-state index contributed by atoms with van der Waals surface area (Å²) in [6.45, 7) is 3.14. The van der Waals surface area contributed by atoms with E-state index in [1.807, 2.05) is 60.2 Å². The number of unbranched alkanes of at least 4 members (excludes halogenated alkanes) is 1. The summed E-state index contributed by atoms with van der Waals surface area (Å²) >= 11 is 0. The minimum absolute atomic E-state index is 0.167. The Hall–Kier alpha value is -3.28. The third kappa shape index (κ3) is 4.88. The fourth-order valence-corrected chi connectivity index (χ4v) is 2.67. The highest BCUT2D eigenvalue weighted by atomic mass is 16.2. The van der Waals surface area contributed by atoms with E-state index in [0.717, 1.165) is 18.4 Å². The van der Waals surface area contributed by atoms with Crippen LogP contribution in [0, 0.1) is 0 Å². The van der Waals surface area contributed by atoms with Crippen molar-refractivity contribution in [1.82, 2.24) is 14.3 Å². The lowest BCUT2D eigenvalue weighted by Gasteiger charge is -2.07. The average molecular weight is 362 g/mol. The maximum atomic E-state index is 12.6. The number of nitrogens with zero attached hydrogens (tertiary/aromatic N) is 4. The molecule has 0 spiro atoms. The predicted octanol–water partition coefficient (Wildman–Crippen LogP) is 2.63. The van der Waals surface area contributed by atoms with E-state index in [1.54, 1.807) is 6.07 Å².